The fourth-order valence-electron chi connectivity index (χ4n) is 3.72. The van der Waals surface area contributed by atoms with Crippen LogP contribution in [0.1, 0.15) is 21.7 Å². The Balaban J connectivity index is 1.31. The number of fused-ring (bicyclic) bond motifs is 2. The highest BCUT2D eigenvalue weighted by Gasteiger charge is 2.16. The van der Waals surface area contributed by atoms with Crippen molar-refractivity contribution in [3.8, 4) is 5.75 Å². The lowest BCUT2D eigenvalue weighted by atomic mass is 10.1. The van der Waals surface area contributed by atoms with Gasteiger partial charge in [0.1, 0.15) is 11.6 Å². The first-order valence-corrected chi connectivity index (χ1v) is 9.60. The van der Waals surface area contributed by atoms with Crippen LogP contribution in [0.5, 0.6) is 5.75 Å². The molecule has 0 saturated carbocycles. The van der Waals surface area contributed by atoms with Crippen molar-refractivity contribution in [3.63, 3.8) is 0 Å². The standard InChI is InChI=1S/C21H22N4O3/c26-21(15-1-4-19-14(11-15)5-8-28-19)22-16-2-3-17-18(12-16)24-20(23-17)13-25-6-9-27-10-7-25/h1-4,11-12H,5-10,13H2,(H,22,26)(H,23,24). The van der Waals surface area contributed by atoms with Gasteiger partial charge in [0.15, 0.2) is 0 Å². The molecule has 0 unspecified atom stereocenters. The van der Waals surface area contributed by atoms with Crippen molar-refractivity contribution in [2.75, 3.05) is 38.2 Å². The van der Waals surface area contributed by atoms with Gasteiger partial charge in [-0.3, -0.25) is 9.69 Å². The van der Waals surface area contributed by atoms with Crippen LogP contribution in [0, 0.1) is 0 Å². The van der Waals surface area contributed by atoms with E-state index in [9.17, 15) is 4.79 Å². The highest BCUT2D eigenvalue weighted by atomic mass is 16.5. The molecule has 7 heteroatoms. The first kappa shape index (κ1) is 17.2. The van der Waals surface area contributed by atoms with Gasteiger partial charge in [-0.1, -0.05) is 0 Å². The SMILES string of the molecule is O=C(Nc1ccc2nc(CN3CCOCC3)[nH]c2c1)c1ccc2c(c1)CCO2. The molecule has 1 amide bonds. The van der Waals surface area contributed by atoms with E-state index in [0.717, 1.165) is 73.1 Å². The summed E-state index contributed by atoms with van der Waals surface area (Å²) in [4.78, 5) is 23.0. The summed E-state index contributed by atoms with van der Waals surface area (Å²) in [5.41, 5.74) is 4.29. The maximum Gasteiger partial charge on any atom is 0.255 e. The van der Waals surface area contributed by atoms with Gasteiger partial charge in [-0.05, 0) is 42.0 Å². The first-order chi connectivity index (χ1) is 13.7. The lowest BCUT2D eigenvalue weighted by Gasteiger charge is -2.25. The number of carbonyl (C=O) groups is 1. The fourth-order valence-corrected chi connectivity index (χ4v) is 3.72. The molecule has 3 heterocycles. The summed E-state index contributed by atoms with van der Waals surface area (Å²) in [5.74, 6) is 1.68. The van der Waals surface area contributed by atoms with E-state index in [0.29, 0.717) is 12.2 Å². The Hall–Kier alpha value is -2.90. The zero-order valence-corrected chi connectivity index (χ0v) is 15.5. The van der Waals surface area contributed by atoms with E-state index in [2.05, 4.69) is 20.2 Å². The molecule has 1 saturated heterocycles. The highest BCUT2D eigenvalue weighted by molar-refractivity contribution is 6.05. The fraction of sp³-hybridized carbons (Fsp3) is 0.333. The second-order valence-electron chi connectivity index (χ2n) is 7.18. The van der Waals surface area contributed by atoms with Crippen molar-refractivity contribution in [2.24, 2.45) is 0 Å². The Labute approximate surface area is 162 Å². The highest BCUT2D eigenvalue weighted by Crippen LogP contribution is 2.26. The van der Waals surface area contributed by atoms with Crippen molar-refractivity contribution in [3.05, 3.63) is 53.3 Å². The van der Waals surface area contributed by atoms with Crippen LogP contribution in [0.3, 0.4) is 0 Å². The van der Waals surface area contributed by atoms with Gasteiger partial charge in [0.05, 0.1) is 37.4 Å². The molecule has 2 N–H and O–H groups in total. The van der Waals surface area contributed by atoms with Crippen molar-refractivity contribution in [1.82, 2.24) is 14.9 Å². The number of aromatic amines is 1. The number of benzene rings is 2. The maximum atomic E-state index is 12.6. The first-order valence-electron chi connectivity index (χ1n) is 9.60. The largest absolute Gasteiger partial charge is 0.493 e. The lowest BCUT2D eigenvalue weighted by Crippen LogP contribution is -2.35. The number of imidazole rings is 1. The molecule has 0 radical (unpaired) electrons. The smallest absolute Gasteiger partial charge is 0.255 e. The van der Waals surface area contributed by atoms with Gasteiger partial charge in [-0.2, -0.15) is 0 Å². The van der Waals surface area contributed by atoms with E-state index in [1.807, 2.05) is 30.3 Å². The number of H-pyrrole nitrogens is 1. The Morgan fingerprint density at radius 1 is 1.14 bits per heavy atom. The number of hydrogen-bond acceptors (Lipinski definition) is 5. The molecule has 3 aromatic rings. The quantitative estimate of drug-likeness (QED) is 0.730. The van der Waals surface area contributed by atoms with Crippen LogP contribution in [0.4, 0.5) is 5.69 Å². The summed E-state index contributed by atoms with van der Waals surface area (Å²) >= 11 is 0. The minimum Gasteiger partial charge on any atom is -0.493 e. The predicted octanol–water partition coefficient (Wildman–Crippen LogP) is 2.58. The minimum atomic E-state index is -0.123. The lowest BCUT2D eigenvalue weighted by molar-refractivity contribution is 0.0332. The Bertz CT molecular complexity index is 1020. The molecule has 5 rings (SSSR count). The number of anilines is 1. The molecular weight excluding hydrogens is 356 g/mol. The minimum absolute atomic E-state index is 0.123. The van der Waals surface area contributed by atoms with Crippen molar-refractivity contribution in [2.45, 2.75) is 13.0 Å². The van der Waals surface area contributed by atoms with Crippen LogP contribution in [0.15, 0.2) is 36.4 Å². The number of nitrogens with zero attached hydrogens (tertiary/aromatic N) is 2. The number of rotatable bonds is 4. The van der Waals surface area contributed by atoms with E-state index in [-0.39, 0.29) is 5.91 Å². The van der Waals surface area contributed by atoms with E-state index in [4.69, 9.17) is 9.47 Å². The van der Waals surface area contributed by atoms with Gasteiger partial charge in [-0.15, -0.1) is 0 Å². The van der Waals surface area contributed by atoms with Crippen molar-refractivity contribution in [1.29, 1.82) is 0 Å². The van der Waals surface area contributed by atoms with Crippen LogP contribution < -0.4 is 10.1 Å². The van der Waals surface area contributed by atoms with E-state index < -0.39 is 0 Å². The Morgan fingerprint density at radius 3 is 2.93 bits per heavy atom. The summed E-state index contributed by atoms with van der Waals surface area (Å²) in [6.45, 7) is 4.84. The molecule has 1 fully saturated rings. The average molecular weight is 378 g/mol. The number of hydrogen-bond donors (Lipinski definition) is 2. The zero-order valence-electron chi connectivity index (χ0n) is 15.5. The summed E-state index contributed by atoms with van der Waals surface area (Å²) < 4.78 is 10.9. The Kier molecular flexibility index (Phi) is 4.46. The molecule has 2 aromatic carbocycles. The number of nitrogens with one attached hydrogen (secondary N) is 2. The molecule has 0 atom stereocenters. The molecule has 144 valence electrons. The predicted molar refractivity (Wildman–Crippen MR) is 106 cm³/mol. The van der Waals surface area contributed by atoms with Crippen molar-refractivity contribution < 1.29 is 14.3 Å². The summed E-state index contributed by atoms with van der Waals surface area (Å²) in [6, 6.07) is 11.3. The van der Waals surface area contributed by atoms with Crippen LogP contribution >= 0.6 is 0 Å². The number of ether oxygens (including phenoxy) is 2. The van der Waals surface area contributed by atoms with Crippen LogP contribution in [0.2, 0.25) is 0 Å². The molecule has 0 spiro atoms. The molecule has 2 aliphatic rings. The summed E-state index contributed by atoms with van der Waals surface area (Å²) in [7, 11) is 0. The van der Waals surface area contributed by atoms with Crippen LogP contribution in [0.25, 0.3) is 11.0 Å². The van der Waals surface area contributed by atoms with Gasteiger partial charge in [-0.25, -0.2) is 4.98 Å². The van der Waals surface area contributed by atoms with Gasteiger partial charge in [0.25, 0.3) is 5.91 Å². The second kappa shape index (κ2) is 7.26. The molecule has 0 aliphatic carbocycles. The van der Waals surface area contributed by atoms with E-state index >= 15 is 0 Å². The molecule has 0 bridgehead atoms. The third-order valence-corrected chi connectivity index (χ3v) is 5.22. The van der Waals surface area contributed by atoms with Gasteiger partial charge in [0.2, 0.25) is 0 Å². The molecule has 7 nitrogen and oxygen atoms in total. The van der Waals surface area contributed by atoms with E-state index in [1.165, 1.54) is 0 Å². The maximum absolute atomic E-state index is 12.6. The number of aromatic nitrogens is 2. The van der Waals surface area contributed by atoms with Crippen LogP contribution in [-0.2, 0) is 17.7 Å². The van der Waals surface area contributed by atoms with Gasteiger partial charge in [0, 0.05) is 30.8 Å². The Morgan fingerprint density at radius 2 is 2.04 bits per heavy atom. The summed E-state index contributed by atoms with van der Waals surface area (Å²) in [5, 5.41) is 2.98. The zero-order chi connectivity index (χ0) is 18.9. The molecule has 2 aliphatic heterocycles. The van der Waals surface area contributed by atoms with Crippen LogP contribution in [-0.4, -0.2) is 53.7 Å². The molecular formula is C21H22N4O3. The monoisotopic (exact) mass is 378 g/mol. The average Bonchev–Trinajstić information content (AvgIpc) is 3.34. The molecule has 1 aromatic heterocycles. The van der Waals surface area contributed by atoms with Gasteiger partial charge < -0.3 is 19.8 Å². The van der Waals surface area contributed by atoms with Gasteiger partial charge >= 0.3 is 0 Å². The third-order valence-electron chi connectivity index (χ3n) is 5.22. The third kappa shape index (κ3) is 3.46. The molecule has 28 heavy (non-hydrogen) atoms. The van der Waals surface area contributed by atoms with Crippen molar-refractivity contribution >= 4 is 22.6 Å². The normalized spacial score (nSPS) is 16.7. The summed E-state index contributed by atoms with van der Waals surface area (Å²) in [6.07, 6.45) is 0.850. The van der Waals surface area contributed by atoms with E-state index in [1.54, 1.807) is 6.07 Å². The second-order valence-corrected chi connectivity index (χ2v) is 7.18. The number of morpholine rings is 1. The number of amides is 1. The topological polar surface area (TPSA) is 79.5 Å². The number of carbonyl (C=O) groups excluding carboxylic acids is 1.